The lowest BCUT2D eigenvalue weighted by atomic mass is 10.1. The Morgan fingerprint density at radius 3 is 2.54 bits per heavy atom. The number of nitrogens with one attached hydrogen (secondary N) is 1. The summed E-state index contributed by atoms with van der Waals surface area (Å²) < 4.78 is 5.64. The molecule has 0 spiro atoms. The summed E-state index contributed by atoms with van der Waals surface area (Å²) in [6.07, 6.45) is 2.57. The molecule has 0 fully saturated rings. The van der Waals surface area contributed by atoms with Crippen LogP contribution in [-0.2, 0) is 0 Å². The van der Waals surface area contributed by atoms with Crippen LogP contribution in [0.15, 0.2) is 66.9 Å². The van der Waals surface area contributed by atoms with E-state index < -0.39 is 0 Å². The molecule has 0 bridgehead atoms. The van der Waals surface area contributed by atoms with Gasteiger partial charge in [-0.2, -0.15) is 0 Å². The van der Waals surface area contributed by atoms with Crippen LogP contribution < -0.4 is 10.1 Å². The van der Waals surface area contributed by atoms with Gasteiger partial charge in [-0.3, -0.25) is 0 Å². The van der Waals surface area contributed by atoms with Gasteiger partial charge in [-0.15, -0.1) is 0 Å². The molecule has 0 aliphatic carbocycles. The molecule has 122 valence electrons. The highest BCUT2D eigenvalue weighted by molar-refractivity contribution is 5.60. The summed E-state index contributed by atoms with van der Waals surface area (Å²) in [5.41, 5.74) is 1.75. The molecule has 24 heavy (non-hydrogen) atoms. The van der Waals surface area contributed by atoms with Crippen molar-refractivity contribution in [3.8, 4) is 22.8 Å². The first-order chi connectivity index (χ1) is 11.8. The Morgan fingerprint density at radius 1 is 0.958 bits per heavy atom. The van der Waals surface area contributed by atoms with Crippen LogP contribution in [0.2, 0.25) is 0 Å². The highest BCUT2D eigenvalue weighted by Crippen LogP contribution is 2.20. The average Bonchev–Trinajstić information content (AvgIpc) is 2.63. The van der Waals surface area contributed by atoms with Crippen molar-refractivity contribution in [1.29, 1.82) is 0 Å². The topological polar surface area (TPSA) is 67.3 Å². The van der Waals surface area contributed by atoms with Crippen LogP contribution in [0.1, 0.15) is 6.42 Å². The fourth-order valence-electron chi connectivity index (χ4n) is 2.22. The Balaban J connectivity index is 1.49. The average molecular weight is 321 g/mol. The summed E-state index contributed by atoms with van der Waals surface area (Å²) in [6, 6.07) is 18.5. The predicted molar refractivity (Wildman–Crippen MR) is 94.2 cm³/mol. The van der Waals surface area contributed by atoms with Crippen molar-refractivity contribution < 1.29 is 9.84 Å². The van der Waals surface area contributed by atoms with Crippen LogP contribution in [0.3, 0.4) is 0 Å². The van der Waals surface area contributed by atoms with Crippen LogP contribution in [-0.4, -0.2) is 28.2 Å². The minimum atomic E-state index is 0.240. The zero-order valence-corrected chi connectivity index (χ0v) is 13.2. The van der Waals surface area contributed by atoms with Crippen molar-refractivity contribution in [2.24, 2.45) is 0 Å². The Labute approximate surface area is 141 Å². The van der Waals surface area contributed by atoms with Gasteiger partial charge in [0, 0.05) is 18.3 Å². The second-order valence-electron chi connectivity index (χ2n) is 5.25. The summed E-state index contributed by atoms with van der Waals surface area (Å²) in [4.78, 5) is 8.71. The number of rotatable bonds is 7. The summed E-state index contributed by atoms with van der Waals surface area (Å²) in [6.45, 7) is 1.36. The lowest BCUT2D eigenvalue weighted by Gasteiger charge is -2.08. The zero-order valence-electron chi connectivity index (χ0n) is 13.2. The molecule has 3 aromatic rings. The van der Waals surface area contributed by atoms with Crippen LogP contribution in [0, 0.1) is 0 Å². The van der Waals surface area contributed by atoms with Crippen LogP contribution in [0.5, 0.6) is 11.5 Å². The third-order valence-electron chi connectivity index (χ3n) is 3.43. The number of hydrogen-bond donors (Lipinski definition) is 2. The van der Waals surface area contributed by atoms with Gasteiger partial charge >= 0.3 is 0 Å². The van der Waals surface area contributed by atoms with Gasteiger partial charge in [0.1, 0.15) is 11.5 Å². The van der Waals surface area contributed by atoms with Crippen LogP contribution in [0.4, 0.5) is 5.95 Å². The molecule has 5 heteroatoms. The van der Waals surface area contributed by atoms with Crippen LogP contribution in [0.25, 0.3) is 11.3 Å². The zero-order chi connectivity index (χ0) is 16.6. The second-order valence-corrected chi connectivity index (χ2v) is 5.25. The van der Waals surface area contributed by atoms with Crippen molar-refractivity contribution in [3.05, 3.63) is 66.9 Å². The molecule has 0 aliphatic heterocycles. The fourth-order valence-corrected chi connectivity index (χ4v) is 2.22. The first kappa shape index (κ1) is 15.8. The molecule has 0 saturated heterocycles. The minimum Gasteiger partial charge on any atom is -0.508 e. The Bertz CT molecular complexity index is 761. The minimum absolute atomic E-state index is 0.240. The maximum atomic E-state index is 9.35. The number of para-hydroxylation sites is 1. The molecule has 5 nitrogen and oxygen atoms in total. The smallest absolute Gasteiger partial charge is 0.223 e. The van der Waals surface area contributed by atoms with Gasteiger partial charge in [0.2, 0.25) is 5.95 Å². The third-order valence-corrected chi connectivity index (χ3v) is 3.43. The number of aromatic nitrogens is 2. The van der Waals surface area contributed by atoms with Crippen molar-refractivity contribution in [3.63, 3.8) is 0 Å². The molecule has 2 aromatic carbocycles. The molecule has 0 unspecified atom stereocenters. The number of anilines is 1. The summed E-state index contributed by atoms with van der Waals surface area (Å²) in [5, 5.41) is 12.6. The summed E-state index contributed by atoms with van der Waals surface area (Å²) >= 11 is 0. The maximum Gasteiger partial charge on any atom is 0.223 e. The van der Waals surface area contributed by atoms with E-state index in [1.165, 1.54) is 0 Å². The first-order valence-corrected chi connectivity index (χ1v) is 7.85. The molecular weight excluding hydrogens is 302 g/mol. The quantitative estimate of drug-likeness (QED) is 0.649. The molecule has 1 aromatic heterocycles. The van der Waals surface area contributed by atoms with Crippen LogP contribution >= 0.6 is 0 Å². The Kier molecular flexibility index (Phi) is 5.24. The van der Waals surface area contributed by atoms with E-state index in [4.69, 9.17) is 4.74 Å². The van der Waals surface area contributed by atoms with E-state index in [1.54, 1.807) is 18.3 Å². The number of phenolic OH excluding ortho intramolecular Hbond substituents is 1. The van der Waals surface area contributed by atoms with E-state index >= 15 is 0 Å². The number of benzene rings is 2. The number of hydrogen-bond acceptors (Lipinski definition) is 5. The first-order valence-electron chi connectivity index (χ1n) is 7.85. The molecule has 0 amide bonds. The van der Waals surface area contributed by atoms with Crippen molar-refractivity contribution in [1.82, 2.24) is 9.97 Å². The Morgan fingerprint density at radius 2 is 1.75 bits per heavy atom. The van der Waals surface area contributed by atoms with Gasteiger partial charge in [-0.25, -0.2) is 9.97 Å². The van der Waals surface area contributed by atoms with Crippen molar-refractivity contribution >= 4 is 5.95 Å². The number of ether oxygens (including phenoxy) is 1. The van der Waals surface area contributed by atoms with E-state index in [-0.39, 0.29) is 5.75 Å². The Hall–Kier alpha value is -3.08. The standard InChI is InChI=1S/C19H19N3O2/c23-16-9-7-15(8-10-16)18-11-13-21-19(22-18)20-12-4-14-24-17-5-2-1-3-6-17/h1-3,5-11,13,23H,4,12,14H2,(H,20,21,22). The van der Waals surface area contributed by atoms with Gasteiger partial charge in [0.15, 0.2) is 0 Å². The maximum absolute atomic E-state index is 9.35. The van der Waals surface area contributed by atoms with E-state index in [1.807, 2.05) is 48.5 Å². The van der Waals surface area contributed by atoms with E-state index in [0.717, 1.165) is 30.0 Å². The van der Waals surface area contributed by atoms with E-state index in [0.29, 0.717) is 12.6 Å². The molecule has 0 radical (unpaired) electrons. The van der Waals surface area contributed by atoms with Gasteiger partial charge < -0.3 is 15.2 Å². The van der Waals surface area contributed by atoms with Crippen molar-refractivity contribution in [2.45, 2.75) is 6.42 Å². The highest BCUT2D eigenvalue weighted by atomic mass is 16.5. The number of phenols is 1. The van der Waals surface area contributed by atoms with Gasteiger partial charge in [-0.1, -0.05) is 18.2 Å². The second kappa shape index (κ2) is 7.97. The lowest BCUT2D eigenvalue weighted by Crippen LogP contribution is -2.09. The normalized spacial score (nSPS) is 10.3. The van der Waals surface area contributed by atoms with E-state index in [2.05, 4.69) is 15.3 Å². The highest BCUT2D eigenvalue weighted by Gasteiger charge is 2.02. The monoisotopic (exact) mass is 321 g/mol. The van der Waals surface area contributed by atoms with Crippen molar-refractivity contribution in [2.75, 3.05) is 18.5 Å². The number of aromatic hydroxyl groups is 1. The molecule has 0 atom stereocenters. The number of nitrogens with zero attached hydrogens (tertiary/aromatic N) is 2. The largest absolute Gasteiger partial charge is 0.508 e. The molecule has 2 N–H and O–H groups in total. The summed E-state index contributed by atoms with van der Waals surface area (Å²) in [5.74, 6) is 1.70. The van der Waals surface area contributed by atoms with Gasteiger partial charge in [0.25, 0.3) is 0 Å². The van der Waals surface area contributed by atoms with Gasteiger partial charge in [0.05, 0.1) is 12.3 Å². The SMILES string of the molecule is Oc1ccc(-c2ccnc(NCCCOc3ccccc3)n2)cc1. The summed E-state index contributed by atoms with van der Waals surface area (Å²) in [7, 11) is 0. The third kappa shape index (κ3) is 4.46. The molecule has 0 aliphatic rings. The van der Waals surface area contributed by atoms with E-state index in [9.17, 15) is 5.11 Å². The fraction of sp³-hybridized carbons (Fsp3) is 0.158. The predicted octanol–water partition coefficient (Wildman–Crippen LogP) is 3.73. The molecule has 3 rings (SSSR count). The lowest BCUT2D eigenvalue weighted by molar-refractivity contribution is 0.315. The molecule has 0 saturated carbocycles. The molecule has 1 heterocycles. The van der Waals surface area contributed by atoms with Gasteiger partial charge in [-0.05, 0) is 48.9 Å². The molecular formula is C19H19N3O2.